The Kier molecular flexibility index (Phi) is 4.64. The Bertz CT molecular complexity index is 570. The molecule has 0 saturated heterocycles. The average Bonchev–Trinajstić information content (AvgIpc) is 2.54. The lowest BCUT2D eigenvalue weighted by molar-refractivity contribution is -0.186. The van der Waals surface area contributed by atoms with Crippen LogP contribution in [-0.2, 0) is 11.2 Å². The minimum Gasteiger partial charge on any atom is -0.349 e. The number of nitrogens with one attached hydrogen (secondary N) is 1. The molecule has 0 heterocycles. The van der Waals surface area contributed by atoms with E-state index in [9.17, 15) is 18.0 Å². The highest BCUT2D eigenvalue weighted by Crippen LogP contribution is 2.40. The summed E-state index contributed by atoms with van der Waals surface area (Å²) in [6.45, 7) is 0. The third kappa shape index (κ3) is 3.70. The van der Waals surface area contributed by atoms with Gasteiger partial charge in [0.15, 0.2) is 0 Å². The lowest BCUT2D eigenvalue weighted by atomic mass is 9.80. The number of rotatable bonds is 2. The molecule has 5 heteroatoms. The first-order valence-electron chi connectivity index (χ1n) is 8.40. The highest BCUT2D eigenvalue weighted by Gasteiger charge is 2.43. The Labute approximate surface area is 134 Å². The first kappa shape index (κ1) is 16.3. The zero-order chi connectivity index (χ0) is 16.4. The molecule has 3 rings (SSSR count). The molecule has 1 saturated carbocycles. The molecule has 2 aliphatic carbocycles. The van der Waals surface area contributed by atoms with Crippen molar-refractivity contribution in [1.29, 1.82) is 0 Å². The number of carbonyl (C=O) groups is 1. The molecule has 126 valence electrons. The lowest BCUT2D eigenvalue weighted by Crippen LogP contribution is -2.39. The molecule has 0 aliphatic heterocycles. The van der Waals surface area contributed by atoms with Crippen molar-refractivity contribution in [3.8, 4) is 0 Å². The van der Waals surface area contributed by atoms with E-state index < -0.39 is 18.0 Å². The quantitative estimate of drug-likeness (QED) is 0.849. The van der Waals surface area contributed by atoms with Gasteiger partial charge in [-0.3, -0.25) is 4.79 Å². The maximum absolute atomic E-state index is 12.9. The molecule has 0 spiro atoms. The first-order chi connectivity index (χ1) is 10.9. The molecule has 1 fully saturated rings. The van der Waals surface area contributed by atoms with Crippen LogP contribution in [0.25, 0.3) is 0 Å². The zero-order valence-electron chi connectivity index (χ0n) is 13.0. The van der Waals surface area contributed by atoms with Gasteiger partial charge < -0.3 is 5.32 Å². The minimum absolute atomic E-state index is 0.0567. The largest absolute Gasteiger partial charge is 0.391 e. The number of hydrogen-bond acceptors (Lipinski definition) is 1. The minimum atomic E-state index is -4.18. The average molecular weight is 325 g/mol. The van der Waals surface area contributed by atoms with E-state index in [-0.39, 0.29) is 24.8 Å². The van der Waals surface area contributed by atoms with E-state index in [0.29, 0.717) is 12.8 Å². The smallest absolute Gasteiger partial charge is 0.349 e. The summed E-state index contributed by atoms with van der Waals surface area (Å²) in [6, 6.07) is 7.95. The standard InChI is InChI=1S/C18H22F3NO/c19-18(20,21)14-8-3-7-13(11-14)17(23)22-16-10-4-6-12-5-1-2-9-15(12)16/h1-2,5,9,13-14,16H,3-4,6-8,10-11H2,(H,22,23)/t13-,14-,16+/m0/s1. The Balaban J connectivity index is 1.66. The van der Waals surface area contributed by atoms with E-state index in [0.717, 1.165) is 24.8 Å². The van der Waals surface area contributed by atoms with Crippen molar-refractivity contribution in [3.05, 3.63) is 35.4 Å². The fraction of sp³-hybridized carbons (Fsp3) is 0.611. The highest BCUT2D eigenvalue weighted by atomic mass is 19.4. The number of hydrogen-bond donors (Lipinski definition) is 1. The lowest BCUT2D eigenvalue weighted by Gasteiger charge is -2.32. The molecular formula is C18H22F3NO. The molecule has 3 atom stereocenters. The van der Waals surface area contributed by atoms with Crippen molar-refractivity contribution < 1.29 is 18.0 Å². The fourth-order valence-corrected chi connectivity index (χ4v) is 3.92. The summed E-state index contributed by atoms with van der Waals surface area (Å²) in [4.78, 5) is 12.5. The molecule has 23 heavy (non-hydrogen) atoms. The van der Waals surface area contributed by atoms with Crippen molar-refractivity contribution in [3.63, 3.8) is 0 Å². The number of amides is 1. The molecule has 1 N–H and O–H groups in total. The van der Waals surface area contributed by atoms with E-state index in [1.807, 2.05) is 18.2 Å². The number of benzene rings is 1. The molecule has 0 aromatic heterocycles. The molecule has 0 unspecified atom stereocenters. The summed E-state index contributed by atoms with van der Waals surface area (Å²) < 4.78 is 38.7. The predicted molar refractivity (Wildman–Crippen MR) is 81.8 cm³/mol. The molecule has 0 bridgehead atoms. The number of aryl methyl sites for hydroxylation is 1. The number of halogens is 3. The van der Waals surface area contributed by atoms with Crippen LogP contribution in [0.3, 0.4) is 0 Å². The summed E-state index contributed by atoms with van der Waals surface area (Å²) >= 11 is 0. The van der Waals surface area contributed by atoms with Crippen LogP contribution in [0.1, 0.15) is 55.7 Å². The Hall–Kier alpha value is -1.52. The Morgan fingerprint density at radius 3 is 2.65 bits per heavy atom. The summed E-state index contributed by atoms with van der Waals surface area (Å²) in [5, 5.41) is 3.01. The first-order valence-corrected chi connectivity index (χ1v) is 8.40. The van der Waals surface area contributed by atoms with Crippen LogP contribution in [-0.4, -0.2) is 12.1 Å². The maximum atomic E-state index is 12.9. The summed E-state index contributed by atoms with van der Waals surface area (Å²) in [5.74, 6) is -2.05. The third-order valence-electron chi connectivity index (χ3n) is 5.19. The van der Waals surface area contributed by atoms with Crippen LogP contribution in [0.4, 0.5) is 13.2 Å². The van der Waals surface area contributed by atoms with Gasteiger partial charge in [-0.25, -0.2) is 0 Å². The van der Waals surface area contributed by atoms with Crippen molar-refractivity contribution >= 4 is 5.91 Å². The molecular weight excluding hydrogens is 303 g/mol. The Morgan fingerprint density at radius 1 is 1.09 bits per heavy atom. The number of alkyl halides is 3. The van der Waals surface area contributed by atoms with Crippen LogP contribution in [0.15, 0.2) is 24.3 Å². The van der Waals surface area contributed by atoms with Gasteiger partial charge in [0.25, 0.3) is 0 Å². The maximum Gasteiger partial charge on any atom is 0.391 e. The van der Waals surface area contributed by atoms with Gasteiger partial charge in [0, 0.05) is 5.92 Å². The van der Waals surface area contributed by atoms with Gasteiger partial charge in [-0.15, -0.1) is 0 Å². The third-order valence-corrected chi connectivity index (χ3v) is 5.19. The van der Waals surface area contributed by atoms with E-state index in [2.05, 4.69) is 11.4 Å². The van der Waals surface area contributed by atoms with Crippen LogP contribution >= 0.6 is 0 Å². The fourth-order valence-electron chi connectivity index (χ4n) is 3.92. The van der Waals surface area contributed by atoms with E-state index in [4.69, 9.17) is 0 Å². The van der Waals surface area contributed by atoms with Crippen molar-refractivity contribution in [2.75, 3.05) is 0 Å². The van der Waals surface area contributed by atoms with Crippen LogP contribution in [0.5, 0.6) is 0 Å². The van der Waals surface area contributed by atoms with Gasteiger partial charge in [-0.05, 0) is 49.7 Å². The van der Waals surface area contributed by atoms with Crippen LogP contribution in [0, 0.1) is 11.8 Å². The predicted octanol–water partition coefficient (Wildman–Crippen LogP) is 4.55. The summed E-state index contributed by atoms with van der Waals surface area (Å²) in [5.41, 5.74) is 2.36. The van der Waals surface area contributed by atoms with Gasteiger partial charge in [0.05, 0.1) is 12.0 Å². The van der Waals surface area contributed by atoms with Crippen molar-refractivity contribution in [1.82, 2.24) is 5.32 Å². The molecule has 1 aromatic carbocycles. The zero-order valence-corrected chi connectivity index (χ0v) is 13.0. The number of carbonyl (C=O) groups excluding carboxylic acids is 1. The molecule has 1 amide bonds. The van der Waals surface area contributed by atoms with Gasteiger partial charge in [0.2, 0.25) is 5.91 Å². The van der Waals surface area contributed by atoms with Crippen molar-refractivity contribution in [2.24, 2.45) is 11.8 Å². The second kappa shape index (κ2) is 6.54. The Morgan fingerprint density at radius 2 is 1.87 bits per heavy atom. The van der Waals surface area contributed by atoms with Crippen LogP contribution in [0.2, 0.25) is 0 Å². The van der Waals surface area contributed by atoms with E-state index in [1.165, 1.54) is 5.56 Å². The molecule has 2 aliphatic rings. The SMILES string of the molecule is O=C(N[C@@H]1CCCc2ccccc21)[C@H]1CCC[C@H](C(F)(F)F)C1. The summed E-state index contributed by atoms with van der Waals surface area (Å²) in [6.07, 6.45) is -0.200. The van der Waals surface area contributed by atoms with Gasteiger partial charge in [-0.2, -0.15) is 13.2 Å². The van der Waals surface area contributed by atoms with Crippen LogP contribution < -0.4 is 5.32 Å². The molecule has 0 radical (unpaired) electrons. The topological polar surface area (TPSA) is 29.1 Å². The van der Waals surface area contributed by atoms with Gasteiger partial charge in [-0.1, -0.05) is 30.7 Å². The second-order valence-corrected chi connectivity index (χ2v) is 6.75. The summed E-state index contributed by atoms with van der Waals surface area (Å²) in [7, 11) is 0. The molecule has 2 nitrogen and oxygen atoms in total. The highest BCUT2D eigenvalue weighted by molar-refractivity contribution is 5.79. The van der Waals surface area contributed by atoms with Gasteiger partial charge >= 0.3 is 6.18 Å². The van der Waals surface area contributed by atoms with Gasteiger partial charge in [0.1, 0.15) is 0 Å². The monoisotopic (exact) mass is 325 g/mol. The molecule has 1 aromatic rings. The van der Waals surface area contributed by atoms with Crippen molar-refractivity contribution in [2.45, 2.75) is 57.2 Å². The number of fused-ring (bicyclic) bond motifs is 1. The van der Waals surface area contributed by atoms with E-state index >= 15 is 0 Å². The second-order valence-electron chi connectivity index (χ2n) is 6.75. The van der Waals surface area contributed by atoms with E-state index in [1.54, 1.807) is 0 Å². The normalized spacial score (nSPS) is 28.0.